The van der Waals surface area contributed by atoms with Crippen molar-refractivity contribution in [1.29, 1.82) is 0 Å². The highest BCUT2D eigenvalue weighted by Gasteiger charge is 2.28. The zero-order valence-corrected chi connectivity index (χ0v) is 11.4. The van der Waals surface area contributed by atoms with Crippen LogP contribution in [0.3, 0.4) is 0 Å². The Hall–Kier alpha value is -1.82. The zero-order valence-electron chi connectivity index (χ0n) is 11.4. The summed E-state index contributed by atoms with van der Waals surface area (Å²) in [5.41, 5.74) is 4.43. The van der Waals surface area contributed by atoms with Crippen LogP contribution in [0.4, 0.5) is 4.39 Å². The third-order valence-electron chi connectivity index (χ3n) is 2.79. The Bertz CT molecular complexity index is 482. The predicted molar refractivity (Wildman–Crippen MR) is 68.2 cm³/mol. The Morgan fingerprint density at radius 1 is 1.32 bits per heavy atom. The van der Waals surface area contributed by atoms with E-state index in [2.05, 4.69) is 0 Å². The molecule has 0 amide bonds. The van der Waals surface area contributed by atoms with Gasteiger partial charge in [-0.3, -0.25) is 4.79 Å². The van der Waals surface area contributed by atoms with Gasteiger partial charge in [0.25, 0.3) is 0 Å². The molecule has 0 aliphatic carbocycles. The first kappa shape index (κ1) is 15.2. The van der Waals surface area contributed by atoms with Crippen molar-refractivity contribution in [3.63, 3.8) is 0 Å². The molecule has 0 bridgehead atoms. The maximum Gasteiger partial charge on any atom is 0.325 e. The molecule has 0 aromatic heterocycles. The van der Waals surface area contributed by atoms with Crippen LogP contribution in [0.1, 0.15) is 31.0 Å². The lowest BCUT2D eigenvalue weighted by molar-refractivity contribution is -0.138. The average Bonchev–Trinajstić information content (AvgIpc) is 2.34. The van der Waals surface area contributed by atoms with Crippen LogP contribution in [-0.2, 0) is 10.5 Å². The zero-order chi connectivity index (χ0) is 14.8. The fourth-order valence-corrected chi connectivity index (χ4v) is 1.76. The van der Waals surface area contributed by atoms with Crippen molar-refractivity contribution in [2.75, 3.05) is 14.2 Å². The molecule has 19 heavy (non-hydrogen) atoms. The van der Waals surface area contributed by atoms with Crippen LogP contribution in [0.25, 0.3) is 0 Å². The van der Waals surface area contributed by atoms with E-state index in [0.717, 1.165) is 0 Å². The number of benzene rings is 1. The number of alkyl halides is 1. The van der Waals surface area contributed by atoms with E-state index in [9.17, 15) is 9.18 Å². The lowest BCUT2D eigenvalue weighted by Crippen LogP contribution is -2.22. The number of hydrogen-bond donors (Lipinski definition) is 2. The van der Waals surface area contributed by atoms with Crippen molar-refractivity contribution in [1.82, 2.24) is 0 Å². The molecule has 6 heteroatoms. The van der Waals surface area contributed by atoms with Crippen LogP contribution in [0, 0.1) is 0 Å². The summed E-state index contributed by atoms with van der Waals surface area (Å²) in [6.07, 6.45) is 0. The molecule has 0 aliphatic rings. The number of carbonyl (C=O) groups is 1. The predicted octanol–water partition coefficient (Wildman–Crippen LogP) is 1.99. The van der Waals surface area contributed by atoms with E-state index in [1.54, 1.807) is 0 Å². The van der Waals surface area contributed by atoms with Crippen molar-refractivity contribution in [3.8, 4) is 11.5 Å². The number of nitrogens with two attached hydrogens (primary N) is 1. The number of halogens is 1. The molecular formula is C13H18FNO4. The maximum atomic E-state index is 14.1. The van der Waals surface area contributed by atoms with Crippen LogP contribution >= 0.6 is 0 Å². The number of carboxylic acids is 1. The molecule has 106 valence electrons. The van der Waals surface area contributed by atoms with Gasteiger partial charge >= 0.3 is 5.97 Å². The monoisotopic (exact) mass is 271 g/mol. The van der Waals surface area contributed by atoms with Crippen molar-refractivity contribution in [2.24, 2.45) is 5.73 Å². The summed E-state index contributed by atoms with van der Waals surface area (Å²) in [5, 5.41) is 8.95. The van der Waals surface area contributed by atoms with E-state index in [0.29, 0.717) is 0 Å². The average molecular weight is 271 g/mol. The second-order valence-corrected chi connectivity index (χ2v) is 4.58. The van der Waals surface area contributed by atoms with Gasteiger partial charge < -0.3 is 20.3 Å². The van der Waals surface area contributed by atoms with Gasteiger partial charge in [-0.15, -0.1) is 0 Å². The standard InChI is InChI=1S/C13H18FNO4/c1-13(2,14)8-6-9(18-3)7(5-10(8)19-4)11(15)12(16)17/h5-6,11H,15H2,1-4H3,(H,16,17). The van der Waals surface area contributed by atoms with E-state index < -0.39 is 17.7 Å². The molecule has 0 fully saturated rings. The molecular weight excluding hydrogens is 253 g/mol. The Morgan fingerprint density at radius 3 is 2.21 bits per heavy atom. The first-order valence-corrected chi connectivity index (χ1v) is 5.66. The SMILES string of the molecule is COc1cc(C(C)(C)F)c(OC)cc1C(N)C(=O)O. The second-order valence-electron chi connectivity index (χ2n) is 4.58. The Balaban J connectivity index is 3.48. The summed E-state index contributed by atoms with van der Waals surface area (Å²) < 4.78 is 24.3. The Labute approximate surface area is 111 Å². The van der Waals surface area contributed by atoms with Crippen LogP contribution in [0.2, 0.25) is 0 Å². The van der Waals surface area contributed by atoms with Gasteiger partial charge in [-0.2, -0.15) is 0 Å². The lowest BCUT2D eigenvalue weighted by Gasteiger charge is -2.22. The van der Waals surface area contributed by atoms with Gasteiger partial charge in [0.15, 0.2) is 0 Å². The number of carboxylic acid groups (broad SMARTS) is 1. The summed E-state index contributed by atoms with van der Waals surface area (Å²) in [4.78, 5) is 11.0. The second kappa shape index (κ2) is 5.44. The molecule has 0 aliphatic heterocycles. The molecule has 5 nitrogen and oxygen atoms in total. The molecule has 3 N–H and O–H groups in total. The molecule has 0 radical (unpaired) electrons. The first-order chi connectivity index (χ1) is 8.72. The summed E-state index contributed by atoms with van der Waals surface area (Å²) in [5.74, 6) is -0.746. The number of methoxy groups -OCH3 is 2. The van der Waals surface area contributed by atoms with Gasteiger partial charge in [0.2, 0.25) is 0 Å². The van der Waals surface area contributed by atoms with E-state index in [1.165, 1.54) is 40.2 Å². The summed E-state index contributed by atoms with van der Waals surface area (Å²) in [7, 11) is 2.75. The third kappa shape index (κ3) is 3.14. The molecule has 0 saturated heterocycles. The van der Waals surface area contributed by atoms with Crippen LogP contribution in [-0.4, -0.2) is 25.3 Å². The fourth-order valence-electron chi connectivity index (χ4n) is 1.76. The summed E-state index contributed by atoms with van der Waals surface area (Å²) in [6.45, 7) is 2.75. The molecule has 0 heterocycles. The number of rotatable bonds is 5. The smallest absolute Gasteiger partial charge is 0.325 e. The van der Waals surface area contributed by atoms with Gasteiger partial charge in [-0.1, -0.05) is 0 Å². The topological polar surface area (TPSA) is 81.8 Å². The third-order valence-corrected chi connectivity index (χ3v) is 2.79. The minimum Gasteiger partial charge on any atom is -0.496 e. The lowest BCUT2D eigenvalue weighted by atomic mass is 9.94. The first-order valence-electron chi connectivity index (χ1n) is 5.66. The Kier molecular flexibility index (Phi) is 4.36. The highest BCUT2D eigenvalue weighted by molar-refractivity contribution is 5.77. The van der Waals surface area contributed by atoms with Gasteiger partial charge in [-0.05, 0) is 26.0 Å². The van der Waals surface area contributed by atoms with E-state index in [1.807, 2.05) is 0 Å². The molecule has 1 rings (SSSR count). The number of aliphatic carboxylic acids is 1. The van der Waals surface area contributed by atoms with E-state index in [4.69, 9.17) is 20.3 Å². The fraction of sp³-hybridized carbons (Fsp3) is 0.462. The molecule has 0 spiro atoms. The number of ether oxygens (including phenoxy) is 2. The highest BCUT2D eigenvalue weighted by atomic mass is 19.1. The van der Waals surface area contributed by atoms with Crippen LogP contribution in [0.15, 0.2) is 12.1 Å². The Morgan fingerprint density at radius 2 is 1.84 bits per heavy atom. The minimum absolute atomic E-state index is 0.219. The normalized spacial score (nSPS) is 12.9. The van der Waals surface area contributed by atoms with Gasteiger partial charge in [0, 0.05) is 11.1 Å². The van der Waals surface area contributed by atoms with Gasteiger partial charge in [-0.25, -0.2) is 4.39 Å². The maximum absolute atomic E-state index is 14.1. The van der Waals surface area contributed by atoms with Crippen molar-refractivity contribution in [3.05, 3.63) is 23.3 Å². The summed E-state index contributed by atoms with van der Waals surface area (Å²) >= 11 is 0. The summed E-state index contributed by atoms with van der Waals surface area (Å²) in [6, 6.07) is 1.55. The highest BCUT2D eigenvalue weighted by Crippen LogP contribution is 2.39. The van der Waals surface area contributed by atoms with Crippen LogP contribution in [0.5, 0.6) is 11.5 Å². The molecule has 1 atom stereocenters. The number of hydrogen-bond acceptors (Lipinski definition) is 4. The molecule has 1 aromatic carbocycles. The minimum atomic E-state index is -1.65. The van der Waals surface area contributed by atoms with Crippen LogP contribution < -0.4 is 15.2 Å². The van der Waals surface area contributed by atoms with Crippen molar-refractivity contribution >= 4 is 5.97 Å². The van der Waals surface area contributed by atoms with E-state index in [-0.39, 0.29) is 22.6 Å². The van der Waals surface area contributed by atoms with Gasteiger partial charge in [0.05, 0.1) is 14.2 Å². The molecule has 1 aromatic rings. The van der Waals surface area contributed by atoms with Gasteiger partial charge in [0.1, 0.15) is 23.2 Å². The van der Waals surface area contributed by atoms with E-state index >= 15 is 0 Å². The van der Waals surface area contributed by atoms with Crippen molar-refractivity contribution in [2.45, 2.75) is 25.6 Å². The van der Waals surface area contributed by atoms with Crippen molar-refractivity contribution < 1.29 is 23.8 Å². The molecule has 1 unspecified atom stereocenters. The quantitative estimate of drug-likeness (QED) is 0.856. The molecule has 0 saturated carbocycles. The largest absolute Gasteiger partial charge is 0.496 e.